The maximum absolute atomic E-state index is 5.90. The fraction of sp³-hybridized carbons (Fsp3) is 0.333. The molecule has 10 nitrogen and oxygen atoms in total. The van der Waals surface area contributed by atoms with Crippen LogP contribution in [-0.4, -0.2) is 47.1 Å². The van der Waals surface area contributed by atoms with Gasteiger partial charge < -0.3 is 9.47 Å². The van der Waals surface area contributed by atoms with Gasteiger partial charge in [0.25, 0.3) is 0 Å². The molecular formula is C18H20N8O2. The summed E-state index contributed by atoms with van der Waals surface area (Å²) in [4.78, 5) is 9.03. The molecule has 144 valence electrons. The molecule has 4 heterocycles. The van der Waals surface area contributed by atoms with Crippen molar-refractivity contribution < 1.29 is 9.47 Å². The Morgan fingerprint density at radius 2 is 1.96 bits per heavy atom. The molecule has 0 aliphatic carbocycles. The molecule has 0 unspecified atom stereocenters. The number of tetrazole rings is 1. The third-order valence-corrected chi connectivity index (χ3v) is 4.30. The summed E-state index contributed by atoms with van der Waals surface area (Å²) in [5, 5.41) is 17.2. The van der Waals surface area contributed by atoms with Crippen LogP contribution in [0.4, 0.5) is 0 Å². The van der Waals surface area contributed by atoms with E-state index in [0.29, 0.717) is 24.1 Å². The summed E-state index contributed by atoms with van der Waals surface area (Å²) < 4.78 is 14.5. The monoisotopic (exact) mass is 380 g/mol. The number of hydrogen-bond donors (Lipinski definition) is 0. The van der Waals surface area contributed by atoms with Crippen molar-refractivity contribution in [3.05, 3.63) is 47.0 Å². The average molecular weight is 380 g/mol. The normalized spacial score (nSPS) is 11.3. The van der Waals surface area contributed by atoms with E-state index >= 15 is 0 Å². The highest BCUT2D eigenvalue weighted by Gasteiger charge is 2.16. The van der Waals surface area contributed by atoms with Crippen molar-refractivity contribution in [3.63, 3.8) is 0 Å². The first-order valence-electron chi connectivity index (χ1n) is 8.73. The number of methoxy groups -OCH3 is 1. The SMILES string of the molecule is COCc1cc(OCc2nnnn2-c2cccc(C)n2)nc2c1c(C)nn2C. The predicted octanol–water partition coefficient (Wildman–Crippen LogP) is 1.68. The van der Waals surface area contributed by atoms with Gasteiger partial charge in [0, 0.05) is 31.3 Å². The van der Waals surface area contributed by atoms with Gasteiger partial charge in [-0.25, -0.2) is 4.98 Å². The van der Waals surface area contributed by atoms with Gasteiger partial charge in [-0.1, -0.05) is 6.07 Å². The molecule has 4 aromatic rings. The lowest BCUT2D eigenvalue weighted by Gasteiger charge is -2.09. The number of pyridine rings is 2. The molecule has 0 aliphatic heterocycles. The van der Waals surface area contributed by atoms with E-state index in [4.69, 9.17) is 9.47 Å². The highest BCUT2D eigenvalue weighted by atomic mass is 16.5. The Labute approximate surface area is 161 Å². The maximum Gasteiger partial charge on any atom is 0.216 e. The molecule has 0 saturated carbocycles. The average Bonchev–Trinajstić information content (AvgIpc) is 3.25. The number of ether oxygens (including phenoxy) is 2. The van der Waals surface area contributed by atoms with Gasteiger partial charge in [0.1, 0.15) is 0 Å². The molecule has 0 bridgehead atoms. The zero-order valence-corrected chi connectivity index (χ0v) is 16.1. The molecule has 28 heavy (non-hydrogen) atoms. The highest BCUT2D eigenvalue weighted by molar-refractivity contribution is 5.82. The molecule has 10 heteroatoms. The Hall–Kier alpha value is -3.40. The van der Waals surface area contributed by atoms with E-state index < -0.39 is 0 Å². The van der Waals surface area contributed by atoms with Gasteiger partial charge in [-0.05, 0) is 42.0 Å². The Kier molecular flexibility index (Phi) is 4.70. The van der Waals surface area contributed by atoms with Crippen molar-refractivity contribution in [2.45, 2.75) is 27.1 Å². The lowest BCUT2D eigenvalue weighted by Crippen LogP contribution is -2.09. The minimum atomic E-state index is 0.143. The highest BCUT2D eigenvalue weighted by Crippen LogP contribution is 2.25. The van der Waals surface area contributed by atoms with Crippen LogP contribution in [0.5, 0.6) is 5.88 Å². The first-order valence-corrected chi connectivity index (χ1v) is 8.73. The van der Waals surface area contributed by atoms with E-state index in [9.17, 15) is 0 Å². The molecule has 0 amide bonds. The van der Waals surface area contributed by atoms with Gasteiger partial charge in [-0.3, -0.25) is 4.68 Å². The largest absolute Gasteiger partial charge is 0.469 e. The van der Waals surface area contributed by atoms with Gasteiger partial charge in [-0.15, -0.1) is 5.10 Å². The van der Waals surface area contributed by atoms with E-state index in [2.05, 4.69) is 30.6 Å². The van der Waals surface area contributed by atoms with Crippen LogP contribution in [0, 0.1) is 13.8 Å². The molecule has 4 aromatic heterocycles. The van der Waals surface area contributed by atoms with Crippen LogP contribution in [-0.2, 0) is 25.0 Å². The first-order chi connectivity index (χ1) is 13.6. The molecule has 0 N–H and O–H groups in total. The summed E-state index contributed by atoms with van der Waals surface area (Å²) in [6.07, 6.45) is 0. The Morgan fingerprint density at radius 1 is 1.11 bits per heavy atom. The van der Waals surface area contributed by atoms with Gasteiger partial charge >= 0.3 is 0 Å². The third kappa shape index (κ3) is 3.29. The van der Waals surface area contributed by atoms with E-state index in [1.807, 2.05) is 45.2 Å². The molecule has 0 radical (unpaired) electrons. The van der Waals surface area contributed by atoms with E-state index in [1.165, 1.54) is 0 Å². The minimum Gasteiger partial charge on any atom is -0.469 e. The summed E-state index contributed by atoms with van der Waals surface area (Å²) in [7, 11) is 3.51. The number of hydrogen-bond acceptors (Lipinski definition) is 8. The van der Waals surface area contributed by atoms with Crippen LogP contribution in [0.25, 0.3) is 16.9 Å². The Balaban J connectivity index is 1.64. The van der Waals surface area contributed by atoms with Crippen LogP contribution in [0.3, 0.4) is 0 Å². The molecule has 0 spiro atoms. The molecule has 4 rings (SSSR count). The summed E-state index contributed by atoms with van der Waals surface area (Å²) in [5.41, 5.74) is 3.48. The predicted molar refractivity (Wildman–Crippen MR) is 100.0 cm³/mol. The lowest BCUT2D eigenvalue weighted by molar-refractivity contribution is 0.185. The topological polar surface area (TPSA) is 106 Å². The van der Waals surface area contributed by atoms with Crippen LogP contribution < -0.4 is 4.74 Å². The summed E-state index contributed by atoms with van der Waals surface area (Å²) in [6, 6.07) is 7.52. The fourth-order valence-electron chi connectivity index (χ4n) is 3.11. The molecular weight excluding hydrogens is 360 g/mol. The molecule has 0 fully saturated rings. The second-order valence-electron chi connectivity index (χ2n) is 6.39. The van der Waals surface area contributed by atoms with Gasteiger partial charge in [0.15, 0.2) is 23.9 Å². The van der Waals surface area contributed by atoms with E-state index in [1.54, 1.807) is 16.5 Å². The van der Waals surface area contributed by atoms with Crippen molar-refractivity contribution in [2.24, 2.45) is 7.05 Å². The number of aromatic nitrogens is 8. The zero-order chi connectivity index (χ0) is 19.7. The summed E-state index contributed by atoms with van der Waals surface area (Å²) in [6.45, 7) is 4.44. The minimum absolute atomic E-state index is 0.143. The van der Waals surface area contributed by atoms with E-state index in [0.717, 1.165) is 28.0 Å². The van der Waals surface area contributed by atoms with Gasteiger partial charge in [0.05, 0.1) is 12.3 Å². The standard InChI is InChI=1S/C18H20N8O2/c1-11-6-5-7-14(19-11)26-15(21-23-24-26)10-28-16-8-13(9-27-4)17-12(2)22-25(3)18(17)20-16/h5-8H,9-10H2,1-4H3. The zero-order valence-electron chi connectivity index (χ0n) is 16.1. The first kappa shape index (κ1) is 18.0. The Bertz CT molecular complexity index is 1130. The molecule has 0 aromatic carbocycles. The number of fused-ring (bicyclic) bond motifs is 1. The van der Waals surface area contributed by atoms with Crippen molar-refractivity contribution in [3.8, 4) is 11.7 Å². The fourth-order valence-corrected chi connectivity index (χ4v) is 3.11. The quantitative estimate of drug-likeness (QED) is 0.497. The Morgan fingerprint density at radius 3 is 2.75 bits per heavy atom. The van der Waals surface area contributed by atoms with E-state index in [-0.39, 0.29) is 6.61 Å². The third-order valence-electron chi connectivity index (χ3n) is 4.30. The number of nitrogens with zero attached hydrogens (tertiary/aromatic N) is 8. The van der Waals surface area contributed by atoms with Crippen molar-refractivity contribution in [2.75, 3.05) is 7.11 Å². The summed E-state index contributed by atoms with van der Waals surface area (Å²) in [5.74, 6) is 1.61. The number of aryl methyl sites for hydroxylation is 3. The lowest BCUT2D eigenvalue weighted by atomic mass is 10.1. The van der Waals surface area contributed by atoms with Crippen LogP contribution >= 0.6 is 0 Å². The van der Waals surface area contributed by atoms with Gasteiger partial charge in [0.2, 0.25) is 5.88 Å². The molecule has 0 atom stereocenters. The molecule has 0 saturated heterocycles. The van der Waals surface area contributed by atoms with Crippen LogP contribution in [0.1, 0.15) is 22.8 Å². The second-order valence-corrected chi connectivity index (χ2v) is 6.39. The smallest absolute Gasteiger partial charge is 0.216 e. The number of rotatable bonds is 6. The summed E-state index contributed by atoms with van der Waals surface area (Å²) >= 11 is 0. The van der Waals surface area contributed by atoms with Crippen molar-refractivity contribution >= 4 is 11.0 Å². The second kappa shape index (κ2) is 7.31. The maximum atomic E-state index is 5.90. The van der Waals surface area contributed by atoms with Gasteiger partial charge in [-0.2, -0.15) is 14.8 Å². The molecule has 0 aliphatic rings. The van der Waals surface area contributed by atoms with Crippen molar-refractivity contribution in [1.29, 1.82) is 0 Å². The van der Waals surface area contributed by atoms with Crippen molar-refractivity contribution in [1.82, 2.24) is 40.0 Å². The van der Waals surface area contributed by atoms with Crippen LogP contribution in [0.15, 0.2) is 24.3 Å². The van der Waals surface area contributed by atoms with Crippen LogP contribution in [0.2, 0.25) is 0 Å².